The maximum absolute atomic E-state index is 13.2. The summed E-state index contributed by atoms with van der Waals surface area (Å²) in [7, 11) is 0. The number of carbonyl (C=O) groups is 1. The Kier molecular flexibility index (Phi) is 7.85. The molecule has 4 aromatic carbocycles. The largest absolute Gasteiger partial charge is 0.422 e. The lowest BCUT2D eigenvalue weighted by Gasteiger charge is -2.19. The minimum absolute atomic E-state index is 0.0152. The van der Waals surface area contributed by atoms with E-state index in [1.54, 1.807) is 6.08 Å². The molecule has 0 radical (unpaired) electrons. The van der Waals surface area contributed by atoms with Crippen molar-refractivity contribution in [2.45, 2.75) is 32.7 Å². The number of non-ortho nitro benzene ring substituents is 2. The SMILES string of the molecule is CC(C)(C)c1ccc(Cn2c(C=C(OC(=O)c3ccc([N+](=O)[O-])cc3)c3ccc([N+](=O)[O-])cc3)nc3ccccc32)cc1. The van der Waals surface area contributed by atoms with Crippen LogP contribution in [-0.4, -0.2) is 25.4 Å². The molecule has 5 rings (SSSR count). The molecule has 0 saturated heterocycles. The Bertz CT molecular complexity index is 1850. The summed E-state index contributed by atoms with van der Waals surface area (Å²) in [6.45, 7) is 6.96. The van der Waals surface area contributed by atoms with Gasteiger partial charge in [-0.25, -0.2) is 9.78 Å². The number of hydrogen-bond donors (Lipinski definition) is 0. The van der Waals surface area contributed by atoms with Gasteiger partial charge < -0.3 is 9.30 Å². The number of nitrogens with zero attached hydrogens (tertiary/aromatic N) is 4. The van der Waals surface area contributed by atoms with Crippen LogP contribution in [0.5, 0.6) is 0 Å². The molecule has 0 aliphatic carbocycles. The van der Waals surface area contributed by atoms with E-state index in [2.05, 4.69) is 45.0 Å². The molecule has 0 aliphatic heterocycles. The van der Waals surface area contributed by atoms with Crippen molar-refractivity contribution in [3.05, 3.63) is 145 Å². The fourth-order valence-corrected chi connectivity index (χ4v) is 4.58. The van der Waals surface area contributed by atoms with E-state index in [-0.39, 0.29) is 28.1 Å². The molecule has 0 atom stereocenters. The van der Waals surface area contributed by atoms with Crippen molar-refractivity contribution in [3.63, 3.8) is 0 Å². The Morgan fingerprint density at radius 1 is 0.814 bits per heavy atom. The van der Waals surface area contributed by atoms with Gasteiger partial charge in [0.1, 0.15) is 11.6 Å². The van der Waals surface area contributed by atoms with E-state index in [0.29, 0.717) is 17.9 Å². The number of aromatic nitrogens is 2. The minimum Gasteiger partial charge on any atom is -0.422 e. The molecular formula is C33H28N4O6. The van der Waals surface area contributed by atoms with E-state index in [9.17, 15) is 25.0 Å². The number of carbonyl (C=O) groups excluding carboxylic acids is 1. The third-order valence-electron chi connectivity index (χ3n) is 6.98. The highest BCUT2D eigenvalue weighted by Gasteiger charge is 2.19. The van der Waals surface area contributed by atoms with Crippen molar-refractivity contribution in [3.8, 4) is 0 Å². The van der Waals surface area contributed by atoms with Gasteiger partial charge in [0.2, 0.25) is 0 Å². The van der Waals surface area contributed by atoms with Crippen LogP contribution in [0.4, 0.5) is 11.4 Å². The van der Waals surface area contributed by atoms with Crippen LogP contribution < -0.4 is 0 Å². The van der Waals surface area contributed by atoms with Crippen LogP contribution in [0, 0.1) is 20.2 Å². The number of ether oxygens (including phenoxy) is 1. The normalized spacial score (nSPS) is 11.8. The molecule has 0 unspecified atom stereocenters. The summed E-state index contributed by atoms with van der Waals surface area (Å²) in [6.07, 6.45) is 1.62. The van der Waals surface area contributed by atoms with Gasteiger partial charge in [0.25, 0.3) is 11.4 Å². The van der Waals surface area contributed by atoms with E-state index in [1.165, 1.54) is 54.1 Å². The number of fused-ring (bicyclic) bond motifs is 1. The Hall–Kier alpha value is -5.64. The Morgan fingerprint density at radius 3 is 1.93 bits per heavy atom. The summed E-state index contributed by atoms with van der Waals surface area (Å²) < 4.78 is 7.82. The molecule has 0 spiro atoms. The second-order valence-electron chi connectivity index (χ2n) is 11.0. The first kappa shape index (κ1) is 28.9. The molecule has 0 saturated carbocycles. The highest BCUT2D eigenvalue weighted by atomic mass is 16.6. The quantitative estimate of drug-likeness (QED) is 0.0806. The summed E-state index contributed by atoms with van der Waals surface area (Å²) in [5.41, 5.74) is 4.13. The average molecular weight is 577 g/mol. The van der Waals surface area contributed by atoms with Gasteiger partial charge in [0.15, 0.2) is 0 Å². The number of nitro groups is 2. The molecule has 43 heavy (non-hydrogen) atoms. The van der Waals surface area contributed by atoms with Crippen LogP contribution in [0.15, 0.2) is 97.1 Å². The first-order chi connectivity index (χ1) is 20.5. The van der Waals surface area contributed by atoms with E-state index < -0.39 is 15.8 Å². The smallest absolute Gasteiger partial charge is 0.343 e. The third kappa shape index (κ3) is 6.48. The number of hydrogen-bond acceptors (Lipinski definition) is 7. The number of rotatable bonds is 8. The molecule has 216 valence electrons. The summed E-state index contributed by atoms with van der Waals surface area (Å²) in [4.78, 5) is 39.2. The van der Waals surface area contributed by atoms with Crippen LogP contribution in [0.2, 0.25) is 0 Å². The third-order valence-corrected chi connectivity index (χ3v) is 6.98. The second-order valence-corrected chi connectivity index (χ2v) is 11.0. The maximum Gasteiger partial charge on any atom is 0.343 e. The predicted molar refractivity (Wildman–Crippen MR) is 163 cm³/mol. The molecule has 1 heterocycles. The minimum atomic E-state index is -0.750. The Morgan fingerprint density at radius 2 is 1.37 bits per heavy atom. The number of para-hydroxylation sites is 2. The fraction of sp³-hybridized carbons (Fsp3) is 0.152. The van der Waals surface area contributed by atoms with E-state index in [4.69, 9.17) is 9.72 Å². The Labute approximate surface area is 247 Å². The lowest BCUT2D eigenvalue weighted by atomic mass is 9.87. The van der Waals surface area contributed by atoms with Crippen molar-refractivity contribution in [2.75, 3.05) is 0 Å². The molecule has 0 amide bonds. The Balaban J connectivity index is 1.58. The molecule has 5 aromatic rings. The highest BCUT2D eigenvalue weighted by Crippen LogP contribution is 2.28. The van der Waals surface area contributed by atoms with Crippen LogP contribution >= 0.6 is 0 Å². The molecule has 1 aromatic heterocycles. The number of imidazole rings is 1. The van der Waals surface area contributed by atoms with Crippen molar-refractivity contribution in [2.24, 2.45) is 0 Å². The standard InChI is InChI=1S/C33H28N4O6/c1-33(2,3)25-14-8-22(9-15-25)21-35-29-7-5-4-6-28(29)34-31(35)20-30(23-10-16-26(17-11-23)36(39)40)43-32(38)24-12-18-27(19-13-24)37(41)42/h4-20H,21H2,1-3H3. The highest BCUT2D eigenvalue weighted by molar-refractivity contribution is 5.95. The van der Waals surface area contributed by atoms with E-state index in [1.807, 2.05) is 28.8 Å². The topological polar surface area (TPSA) is 130 Å². The van der Waals surface area contributed by atoms with E-state index in [0.717, 1.165) is 16.6 Å². The lowest BCUT2D eigenvalue weighted by molar-refractivity contribution is -0.385. The molecule has 0 N–H and O–H groups in total. The van der Waals surface area contributed by atoms with Gasteiger partial charge in [-0.2, -0.15) is 0 Å². The van der Waals surface area contributed by atoms with Crippen LogP contribution in [0.3, 0.4) is 0 Å². The summed E-state index contributed by atoms with van der Waals surface area (Å²) in [6, 6.07) is 26.7. The first-order valence-corrected chi connectivity index (χ1v) is 13.5. The summed E-state index contributed by atoms with van der Waals surface area (Å²) >= 11 is 0. The number of nitro benzene ring substituents is 2. The molecule has 10 nitrogen and oxygen atoms in total. The van der Waals surface area contributed by atoms with Crippen molar-refractivity contribution >= 4 is 40.2 Å². The molecule has 0 fully saturated rings. The van der Waals surface area contributed by atoms with Gasteiger partial charge in [-0.15, -0.1) is 0 Å². The first-order valence-electron chi connectivity index (χ1n) is 13.5. The van der Waals surface area contributed by atoms with Gasteiger partial charge in [-0.3, -0.25) is 20.2 Å². The molecule has 0 bridgehead atoms. The number of esters is 1. The van der Waals surface area contributed by atoms with Gasteiger partial charge in [-0.1, -0.05) is 57.2 Å². The maximum atomic E-state index is 13.2. The summed E-state index contributed by atoms with van der Waals surface area (Å²) in [5.74, 6) is -0.135. The van der Waals surface area contributed by atoms with Gasteiger partial charge in [-0.05, 0) is 52.9 Å². The zero-order chi connectivity index (χ0) is 30.7. The second kappa shape index (κ2) is 11.7. The zero-order valence-electron chi connectivity index (χ0n) is 23.8. The van der Waals surface area contributed by atoms with Crippen LogP contribution in [0.25, 0.3) is 22.9 Å². The monoisotopic (exact) mass is 576 g/mol. The molecular weight excluding hydrogens is 548 g/mol. The summed E-state index contributed by atoms with van der Waals surface area (Å²) in [5, 5.41) is 22.3. The van der Waals surface area contributed by atoms with Crippen molar-refractivity contribution in [1.82, 2.24) is 9.55 Å². The van der Waals surface area contributed by atoms with Crippen molar-refractivity contribution in [1.29, 1.82) is 0 Å². The van der Waals surface area contributed by atoms with Gasteiger partial charge in [0.05, 0.1) is 26.4 Å². The molecule has 0 aliphatic rings. The molecule has 10 heteroatoms. The zero-order valence-corrected chi connectivity index (χ0v) is 23.8. The van der Waals surface area contributed by atoms with Crippen molar-refractivity contribution < 1.29 is 19.4 Å². The average Bonchev–Trinajstić information content (AvgIpc) is 3.33. The lowest BCUT2D eigenvalue weighted by Crippen LogP contribution is -2.11. The van der Waals surface area contributed by atoms with Crippen LogP contribution in [0.1, 0.15) is 53.6 Å². The number of benzene rings is 4. The van der Waals surface area contributed by atoms with Gasteiger partial charge >= 0.3 is 5.97 Å². The van der Waals surface area contributed by atoms with Crippen LogP contribution in [-0.2, 0) is 16.7 Å². The fourth-order valence-electron chi connectivity index (χ4n) is 4.58. The predicted octanol–water partition coefficient (Wildman–Crippen LogP) is 7.55. The van der Waals surface area contributed by atoms with Gasteiger partial charge in [0, 0.05) is 42.4 Å². The van der Waals surface area contributed by atoms with E-state index >= 15 is 0 Å².